The number of imide groups is 1. The lowest BCUT2D eigenvalue weighted by atomic mass is 10.2. The summed E-state index contributed by atoms with van der Waals surface area (Å²) in [6, 6.07) is 3.26. The summed E-state index contributed by atoms with van der Waals surface area (Å²) in [4.78, 5) is 43.2. The molecule has 3 amide bonds. The molecular formula is C27H38N4O6. The van der Waals surface area contributed by atoms with Gasteiger partial charge in [0.25, 0.3) is 0 Å². The Hall–Kier alpha value is -3.74. The van der Waals surface area contributed by atoms with Gasteiger partial charge in [0.05, 0.1) is 6.20 Å². The first-order valence-corrected chi connectivity index (χ1v) is 12.1. The summed E-state index contributed by atoms with van der Waals surface area (Å²) in [5.41, 5.74) is -1.20. The number of alkyl carbamates (subject to hydrolysis) is 1. The number of ether oxygens (including phenoxy) is 3. The average molecular weight is 515 g/mol. The normalized spacial score (nSPS) is 12.7. The number of carbonyl (C=O) groups is 3. The van der Waals surface area contributed by atoms with E-state index in [-0.39, 0.29) is 11.6 Å². The molecule has 2 heterocycles. The number of amides is 3. The Morgan fingerprint density at radius 1 is 0.973 bits per heavy atom. The van der Waals surface area contributed by atoms with Crippen molar-refractivity contribution in [1.29, 1.82) is 0 Å². The molecule has 2 aromatic rings. The second kappa shape index (κ2) is 11.1. The molecular weight excluding hydrogens is 476 g/mol. The van der Waals surface area contributed by atoms with E-state index in [2.05, 4.69) is 22.1 Å². The van der Waals surface area contributed by atoms with Crippen molar-refractivity contribution in [3.63, 3.8) is 0 Å². The molecule has 1 unspecified atom stereocenters. The van der Waals surface area contributed by atoms with Crippen LogP contribution in [0.4, 0.5) is 20.1 Å². The van der Waals surface area contributed by atoms with Crippen LogP contribution in [-0.2, 0) is 14.2 Å². The van der Waals surface area contributed by atoms with Gasteiger partial charge in [-0.3, -0.25) is 4.40 Å². The van der Waals surface area contributed by atoms with E-state index in [1.807, 2.05) is 6.92 Å². The molecule has 37 heavy (non-hydrogen) atoms. The Labute approximate surface area is 218 Å². The Balaban J connectivity index is 2.35. The zero-order valence-electron chi connectivity index (χ0n) is 23.4. The van der Waals surface area contributed by atoms with Gasteiger partial charge in [0.2, 0.25) is 0 Å². The summed E-state index contributed by atoms with van der Waals surface area (Å²) in [5, 5.41) is 2.70. The van der Waals surface area contributed by atoms with E-state index in [9.17, 15) is 14.4 Å². The van der Waals surface area contributed by atoms with Gasteiger partial charge in [0.15, 0.2) is 5.65 Å². The van der Waals surface area contributed by atoms with Crippen LogP contribution >= 0.6 is 0 Å². The summed E-state index contributed by atoms with van der Waals surface area (Å²) in [7, 11) is 0. The Kier molecular flexibility index (Phi) is 8.86. The maximum Gasteiger partial charge on any atom is 0.424 e. The second-order valence-electron chi connectivity index (χ2n) is 11.6. The summed E-state index contributed by atoms with van der Waals surface area (Å²) in [5.74, 6) is 5.94. The number of rotatable bonds is 3. The van der Waals surface area contributed by atoms with Crippen LogP contribution in [-0.4, -0.2) is 51.0 Å². The third-order valence-electron chi connectivity index (χ3n) is 4.31. The first kappa shape index (κ1) is 29.5. The van der Waals surface area contributed by atoms with E-state index in [1.54, 1.807) is 91.2 Å². The fourth-order valence-corrected chi connectivity index (χ4v) is 2.95. The maximum absolute atomic E-state index is 13.1. The Morgan fingerprint density at radius 3 is 2.03 bits per heavy atom. The highest BCUT2D eigenvalue weighted by Crippen LogP contribution is 2.26. The van der Waals surface area contributed by atoms with E-state index in [4.69, 9.17) is 14.2 Å². The van der Waals surface area contributed by atoms with Crippen molar-refractivity contribution in [2.75, 3.05) is 11.4 Å². The molecule has 0 radical (unpaired) electrons. The predicted molar refractivity (Wildman–Crippen MR) is 140 cm³/mol. The van der Waals surface area contributed by atoms with Crippen LogP contribution in [0.5, 0.6) is 0 Å². The van der Waals surface area contributed by atoms with Crippen LogP contribution in [0.15, 0.2) is 24.5 Å². The van der Waals surface area contributed by atoms with Crippen molar-refractivity contribution >= 4 is 29.6 Å². The molecule has 0 spiro atoms. The van der Waals surface area contributed by atoms with Crippen molar-refractivity contribution in [1.82, 2.24) is 14.7 Å². The predicted octanol–water partition coefficient (Wildman–Crippen LogP) is 5.52. The molecule has 2 rings (SSSR count). The van der Waals surface area contributed by atoms with Gasteiger partial charge in [-0.25, -0.2) is 19.4 Å². The van der Waals surface area contributed by atoms with Gasteiger partial charge in [0.1, 0.15) is 28.2 Å². The van der Waals surface area contributed by atoms with E-state index < -0.39 is 35.1 Å². The third-order valence-corrected chi connectivity index (χ3v) is 4.31. The van der Waals surface area contributed by atoms with Crippen LogP contribution in [0.1, 0.15) is 74.9 Å². The van der Waals surface area contributed by atoms with Crippen LogP contribution < -0.4 is 10.2 Å². The van der Waals surface area contributed by atoms with E-state index >= 15 is 0 Å². The molecule has 10 nitrogen and oxygen atoms in total. The molecule has 202 valence electrons. The van der Waals surface area contributed by atoms with Gasteiger partial charge >= 0.3 is 18.3 Å². The molecule has 0 saturated carbocycles. The first-order chi connectivity index (χ1) is 16.9. The zero-order valence-corrected chi connectivity index (χ0v) is 23.4. The van der Waals surface area contributed by atoms with Gasteiger partial charge < -0.3 is 19.5 Å². The smallest absolute Gasteiger partial charge is 0.424 e. The van der Waals surface area contributed by atoms with E-state index in [0.717, 1.165) is 4.90 Å². The minimum absolute atomic E-state index is 0.179. The fraction of sp³-hybridized carbons (Fsp3) is 0.556. The van der Waals surface area contributed by atoms with Crippen molar-refractivity contribution in [3.05, 3.63) is 30.2 Å². The van der Waals surface area contributed by atoms with Crippen molar-refractivity contribution in [2.24, 2.45) is 5.92 Å². The highest BCUT2D eigenvalue weighted by atomic mass is 16.6. The minimum Gasteiger partial charge on any atom is -0.444 e. The summed E-state index contributed by atoms with van der Waals surface area (Å²) in [6.07, 6.45) is 0.994. The van der Waals surface area contributed by atoms with Crippen LogP contribution in [0, 0.1) is 17.8 Å². The fourth-order valence-electron chi connectivity index (χ4n) is 2.95. The van der Waals surface area contributed by atoms with Crippen LogP contribution in [0.3, 0.4) is 0 Å². The number of hydrogen-bond acceptors (Lipinski definition) is 7. The van der Waals surface area contributed by atoms with Gasteiger partial charge in [-0.05, 0) is 87.3 Å². The second-order valence-corrected chi connectivity index (χ2v) is 11.6. The summed E-state index contributed by atoms with van der Waals surface area (Å²) in [6.45, 7) is 17.8. The lowest BCUT2D eigenvalue weighted by molar-refractivity contribution is 0.0428. The van der Waals surface area contributed by atoms with Crippen LogP contribution in [0.25, 0.3) is 5.65 Å². The standard InChI is InChI=1S/C27H38N4O6/c1-18(16-29-22(32)35-25(2,3)4)13-14-19-17-28-21-20(12-11-15-30(19)21)31(23(33)36-26(5,6)7)24(34)37-27(8,9)10/h11-12,15,17-18H,16H2,1-10H3,(H,29,32). The van der Waals surface area contributed by atoms with Crippen LogP contribution in [0.2, 0.25) is 0 Å². The monoisotopic (exact) mass is 514 g/mol. The van der Waals surface area contributed by atoms with Gasteiger partial charge in [-0.15, -0.1) is 0 Å². The van der Waals surface area contributed by atoms with Crippen molar-refractivity contribution < 1.29 is 28.6 Å². The minimum atomic E-state index is -0.882. The highest BCUT2D eigenvalue weighted by Gasteiger charge is 2.34. The molecule has 0 aliphatic rings. The SMILES string of the molecule is CC(C#Cc1cnc2c(N(C(=O)OC(C)(C)C)C(=O)OC(C)(C)C)cccn12)CNC(=O)OC(C)(C)C. The maximum atomic E-state index is 13.1. The Morgan fingerprint density at radius 2 is 1.51 bits per heavy atom. The number of aromatic nitrogens is 2. The molecule has 0 fully saturated rings. The number of anilines is 1. The largest absolute Gasteiger partial charge is 0.444 e. The third kappa shape index (κ3) is 9.33. The Bertz CT molecular complexity index is 1170. The number of carbonyl (C=O) groups excluding carboxylic acids is 3. The number of hydrogen-bond donors (Lipinski definition) is 1. The van der Waals surface area contributed by atoms with Crippen molar-refractivity contribution in [3.8, 4) is 11.8 Å². The topological polar surface area (TPSA) is 111 Å². The summed E-state index contributed by atoms with van der Waals surface area (Å²) >= 11 is 0. The average Bonchev–Trinajstić information content (AvgIpc) is 3.11. The molecule has 1 N–H and O–H groups in total. The first-order valence-electron chi connectivity index (χ1n) is 12.1. The van der Waals surface area contributed by atoms with Gasteiger partial charge in [-0.2, -0.15) is 4.90 Å². The molecule has 0 bridgehead atoms. The molecule has 0 aliphatic heterocycles. The number of imidazole rings is 1. The molecule has 1 atom stereocenters. The van der Waals surface area contributed by atoms with E-state index in [0.29, 0.717) is 17.9 Å². The highest BCUT2D eigenvalue weighted by molar-refractivity contribution is 6.11. The van der Waals surface area contributed by atoms with Crippen molar-refractivity contribution in [2.45, 2.75) is 86.0 Å². The quantitative estimate of drug-likeness (QED) is 0.424. The van der Waals surface area contributed by atoms with Gasteiger partial charge in [-0.1, -0.05) is 5.92 Å². The lowest BCUT2D eigenvalue weighted by Gasteiger charge is -2.28. The lowest BCUT2D eigenvalue weighted by Crippen LogP contribution is -2.44. The van der Waals surface area contributed by atoms with Gasteiger partial charge in [0, 0.05) is 18.7 Å². The van der Waals surface area contributed by atoms with E-state index in [1.165, 1.54) is 0 Å². The molecule has 0 saturated heterocycles. The molecule has 0 aromatic carbocycles. The zero-order chi connectivity index (χ0) is 28.2. The number of fused-ring (bicyclic) bond motifs is 1. The number of nitrogens with one attached hydrogen (secondary N) is 1. The number of pyridine rings is 1. The molecule has 0 aliphatic carbocycles. The number of nitrogens with zero attached hydrogens (tertiary/aromatic N) is 3. The summed E-state index contributed by atoms with van der Waals surface area (Å²) < 4.78 is 17.9. The molecule has 2 aromatic heterocycles. The molecule has 10 heteroatoms.